The highest BCUT2D eigenvalue weighted by Crippen LogP contribution is 2.25. The molecule has 0 spiro atoms. The molecule has 0 saturated heterocycles. The van der Waals surface area contributed by atoms with Crippen LogP contribution < -0.4 is 15.8 Å². The fourth-order valence-corrected chi connectivity index (χ4v) is 1.84. The largest absolute Gasteiger partial charge is 0.495 e. The third kappa shape index (κ3) is 3.49. The number of anilines is 1. The number of rotatable bonds is 4. The van der Waals surface area contributed by atoms with E-state index in [2.05, 4.69) is 10.3 Å². The van der Waals surface area contributed by atoms with Gasteiger partial charge in [0.1, 0.15) is 16.6 Å². The highest BCUT2D eigenvalue weighted by Gasteiger charge is 2.13. The topological polar surface area (TPSA) is 94.3 Å². The van der Waals surface area contributed by atoms with Crippen LogP contribution in [0.2, 0.25) is 5.15 Å². The first kappa shape index (κ1) is 14.8. The summed E-state index contributed by atoms with van der Waals surface area (Å²) in [6.07, 6.45) is 0. The lowest BCUT2D eigenvalue weighted by atomic mass is 10.1. The van der Waals surface area contributed by atoms with Gasteiger partial charge < -0.3 is 15.8 Å². The molecule has 0 atom stereocenters. The van der Waals surface area contributed by atoms with Crippen LogP contribution in [0.1, 0.15) is 20.8 Å². The molecule has 0 unspecified atom stereocenters. The van der Waals surface area contributed by atoms with E-state index in [4.69, 9.17) is 22.1 Å². The summed E-state index contributed by atoms with van der Waals surface area (Å²) in [5.41, 5.74) is 5.94. The first-order valence-electron chi connectivity index (χ1n) is 5.93. The van der Waals surface area contributed by atoms with Gasteiger partial charge in [-0.15, -0.1) is 0 Å². The number of methoxy groups -OCH3 is 1. The smallest absolute Gasteiger partial charge is 0.274 e. The maximum absolute atomic E-state index is 12.1. The Hall–Kier alpha value is -2.60. The summed E-state index contributed by atoms with van der Waals surface area (Å²) in [6, 6.07) is 9.18. The summed E-state index contributed by atoms with van der Waals surface area (Å²) in [4.78, 5) is 27.2. The molecular weight excluding hydrogens is 294 g/mol. The zero-order valence-corrected chi connectivity index (χ0v) is 11.8. The predicted molar refractivity (Wildman–Crippen MR) is 78.7 cm³/mol. The standard InChI is InChI=1S/C14H12ClN3O3/c1-21-11-6-5-8(13(16)19)7-10(11)18-14(20)9-3-2-4-12(15)17-9/h2-7H,1H3,(H2,16,19)(H,18,20). The Kier molecular flexibility index (Phi) is 4.39. The van der Waals surface area contributed by atoms with E-state index in [1.54, 1.807) is 18.2 Å². The Morgan fingerprint density at radius 3 is 2.67 bits per heavy atom. The van der Waals surface area contributed by atoms with Crippen LogP contribution in [0.25, 0.3) is 0 Å². The summed E-state index contributed by atoms with van der Waals surface area (Å²) in [5.74, 6) is -0.679. The molecule has 0 bridgehead atoms. The quantitative estimate of drug-likeness (QED) is 0.846. The summed E-state index contributed by atoms with van der Waals surface area (Å²) in [5, 5.41) is 2.82. The molecule has 1 aromatic carbocycles. The van der Waals surface area contributed by atoms with Crippen molar-refractivity contribution in [2.45, 2.75) is 0 Å². The second kappa shape index (κ2) is 6.23. The molecule has 0 radical (unpaired) electrons. The van der Waals surface area contributed by atoms with E-state index < -0.39 is 11.8 Å². The van der Waals surface area contributed by atoms with E-state index in [-0.39, 0.29) is 16.4 Å². The first-order chi connectivity index (χ1) is 10.0. The van der Waals surface area contributed by atoms with E-state index in [9.17, 15) is 9.59 Å². The molecule has 108 valence electrons. The second-order valence-electron chi connectivity index (χ2n) is 4.08. The van der Waals surface area contributed by atoms with E-state index in [1.807, 2.05) is 0 Å². The Bertz CT molecular complexity index is 704. The van der Waals surface area contributed by atoms with Crippen LogP contribution in [-0.2, 0) is 0 Å². The molecule has 0 aliphatic carbocycles. The van der Waals surface area contributed by atoms with Gasteiger partial charge in [0, 0.05) is 5.56 Å². The van der Waals surface area contributed by atoms with Crippen molar-refractivity contribution >= 4 is 29.1 Å². The maximum atomic E-state index is 12.1. The van der Waals surface area contributed by atoms with Crippen molar-refractivity contribution in [1.29, 1.82) is 0 Å². The van der Waals surface area contributed by atoms with Gasteiger partial charge in [-0.25, -0.2) is 4.98 Å². The van der Waals surface area contributed by atoms with Gasteiger partial charge in [0.25, 0.3) is 5.91 Å². The number of carbonyl (C=O) groups excluding carboxylic acids is 2. The van der Waals surface area contributed by atoms with E-state index in [1.165, 1.54) is 25.3 Å². The van der Waals surface area contributed by atoms with Crippen LogP contribution in [0.3, 0.4) is 0 Å². The highest BCUT2D eigenvalue weighted by atomic mass is 35.5. The number of hydrogen-bond acceptors (Lipinski definition) is 4. The predicted octanol–water partition coefficient (Wildman–Crippen LogP) is 2.09. The van der Waals surface area contributed by atoms with Crippen LogP contribution in [0.4, 0.5) is 5.69 Å². The van der Waals surface area contributed by atoms with Crippen molar-refractivity contribution < 1.29 is 14.3 Å². The van der Waals surface area contributed by atoms with Crippen molar-refractivity contribution in [3.63, 3.8) is 0 Å². The molecule has 0 aliphatic heterocycles. The van der Waals surface area contributed by atoms with E-state index in [0.717, 1.165) is 0 Å². The summed E-state index contributed by atoms with van der Waals surface area (Å²) >= 11 is 5.74. The Morgan fingerprint density at radius 1 is 1.29 bits per heavy atom. The molecule has 0 aliphatic rings. The Morgan fingerprint density at radius 2 is 2.05 bits per heavy atom. The van der Waals surface area contributed by atoms with E-state index in [0.29, 0.717) is 11.4 Å². The monoisotopic (exact) mass is 305 g/mol. The molecule has 6 nitrogen and oxygen atoms in total. The maximum Gasteiger partial charge on any atom is 0.274 e. The van der Waals surface area contributed by atoms with Crippen LogP contribution >= 0.6 is 11.6 Å². The molecular formula is C14H12ClN3O3. The summed E-state index contributed by atoms with van der Waals surface area (Å²) in [7, 11) is 1.45. The number of primary amides is 1. The molecule has 0 saturated carbocycles. The molecule has 2 amide bonds. The third-order valence-electron chi connectivity index (χ3n) is 2.68. The van der Waals surface area contributed by atoms with Crippen molar-refractivity contribution in [2.75, 3.05) is 12.4 Å². The lowest BCUT2D eigenvalue weighted by Gasteiger charge is -2.11. The van der Waals surface area contributed by atoms with Gasteiger partial charge >= 0.3 is 0 Å². The third-order valence-corrected chi connectivity index (χ3v) is 2.89. The van der Waals surface area contributed by atoms with Gasteiger partial charge in [-0.05, 0) is 30.3 Å². The number of nitrogens with one attached hydrogen (secondary N) is 1. The number of carbonyl (C=O) groups is 2. The number of ether oxygens (including phenoxy) is 1. The van der Waals surface area contributed by atoms with Crippen LogP contribution in [0, 0.1) is 0 Å². The van der Waals surface area contributed by atoms with Crippen molar-refractivity contribution in [1.82, 2.24) is 4.98 Å². The average molecular weight is 306 g/mol. The van der Waals surface area contributed by atoms with Gasteiger partial charge in [-0.3, -0.25) is 9.59 Å². The first-order valence-corrected chi connectivity index (χ1v) is 6.31. The molecule has 0 fully saturated rings. The zero-order valence-electron chi connectivity index (χ0n) is 11.1. The van der Waals surface area contributed by atoms with Gasteiger partial charge in [-0.2, -0.15) is 0 Å². The number of nitrogens with two attached hydrogens (primary N) is 1. The van der Waals surface area contributed by atoms with Crippen LogP contribution in [0.15, 0.2) is 36.4 Å². The number of hydrogen-bond donors (Lipinski definition) is 2. The Balaban J connectivity index is 2.31. The van der Waals surface area contributed by atoms with Gasteiger partial charge in [-0.1, -0.05) is 17.7 Å². The number of amides is 2. The number of pyridine rings is 1. The minimum absolute atomic E-state index is 0.147. The molecule has 1 aromatic heterocycles. The zero-order chi connectivity index (χ0) is 15.4. The van der Waals surface area contributed by atoms with Gasteiger partial charge in [0.15, 0.2) is 0 Å². The number of halogens is 1. The molecule has 1 heterocycles. The molecule has 3 N–H and O–H groups in total. The molecule has 2 aromatic rings. The van der Waals surface area contributed by atoms with Crippen molar-refractivity contribution in [2.24, 2.45) is 5.73 Å². The minimum Gasteiger partial charge on any atom is -0.495 e. The molecule has 2 rings (SSSR count). The second-order valence-corrected chi connectivity index (χ2v) is 4.47. The van der Waals surface area contributed by atoms with Crippen LogP contribution in [0.5, 0.6) is 5.75 Å². The fourth-order valence-electron chi connectivity index (χ4n) is 1.68. The van der Waals surface area contributed by atoms with Crippen molar-refractivity contribution in [3.05, 3.63) is 52.8 Å². The van der Waals surface area contributed by atoms with Gasteiger partial charge in [0.2, 0.25) is 5.91 Å². The SMILES string of the molecule is COc1ccc(C(N)=O)cc1NC(=O)c1cccc(Cl)n1. The number of nitrogens with zero attached hydrogens (tertiary/aromatic N) is 1. The lowest BCUT2D eigenvalue weighted by Crippen LogP contribution is -2.16. The van der Waals surface area contributed by atoms with E-state index >= 15 is 0 Å². The average Bonchev–Trinajstić information content (AvgIpc) is 2.47. The fraction of sp³-hybridized carbons (Fsp3) is 0.0714. The lowest BCUT2D eigenvalue weighted by molar-refractivity contribution is 0.0995. The van der Waals surface area contributed by atoms with Crippen molar-refractivity contribution in [3.8, 4) is 5.75 Å². The number of benzene rings is 1. The normalized spacial score (nSPS) is 10.0. The minimum atomic E-state index is -0.603. The van der Waals surface area contributed by atoms with Gasteiger partial charge in [0.05, 0.1) is 12.8 Å². The highest BCUT2D eigenvalue weighted by molar-refractivity contribution is 6.29. The van der Waals surface area contributed by atoms with Crippen LogP contribution in [-0.4, -0.2) is 23.9 Å². The number of aromatic nitrogens is 1. The molecule has 7 heteroatoms. The summed E-state index contributed by atoms with van der Waals surface area (Å²) < 4.78 is 5.13. The molecule has 21 heavy (non-hydrogen) atoms. The Labute approximate surface area is 125 Å². The summed E-state index contributed by atoms with van der Waals surface area (Å²) in [6.45, 7) is 0.